The maximum absolute atomic E-state index is 11.7. The summed E-state index contributed by atoms with van der Waals surface area (Å²) < 4.78 is 12.9. The lowest BCUT2D eigenvalue weighted by Crippen LogP contribution is -2.38. The number of carbonyl (C=O) groups excluding carboxylic acids is 1. The van der Waals surface area contributed by atoms with Gasteiger partial charge in [-0.25, -0.2) is 4.79 Å². The Labute approximate surface area is 220 Å². The molecule has 1 aliphatic heterocycles. The van der Waals surface area contributed by atoms with Gasteiger partial charge < -0.3 is 25.0 Å². The van der Waals surface area contributed by atoms with Gasteiger partial charge in [-0.3, -0.25) is 4.79 Å². The first-order valence-electron chi connectivity index (χ1n) is 12.1. The average molecular weight is 522 g/mol. The van der Waals surface area contributed by atoms with Gasteiger partial charge in [-0.05, 0) is 28.8 Å². The molecule has 0 aromatic heterocycles. The molecule has 1 saturated heterocycles. The van der Waals surface area contributed by atoms with E-state index in [4.69, 9.17) is 9.47 Å². The molecule has 7 nitrogen and oxygen atoms in total. The lowest BCUT2D eigenvalue weighted by atomic mass is 9.91. The topological polar surface area (TPSA) is 105 Å². The normalized spacial score (nSPS) is 21.4. The zero-order chi connectivity index (χ0) is 26.4. The minimum atomic E-state index is -0.955. The van der Waals surface area contributed by atoms with Crippen molar-refractivity contribution in [1.82, 2.24) is 5.32 Å². The van der Waals surface area contributed by atoms with Gasteiger partial charge in [-0.2, -0.15) is 0 Å². The van der Waals surface area contributed by atoms with Crippen molar-refractivity contribution in [1.29, 1.82) is 0 Å². The number of carbonyl (C=O) groups is 2. The van der Waals surface area contributed by atoms with Gasteiger partial charge in [-0.1, -0.05) is 67.6 Å². The van der Waals surface area contributed by atoms with Crippen molar-refractivity contribution in [3.63, 3.8) is 0 Å². The van der Waals surface area contributed by atoms with E-state index in [1.807, 2.05) is 60.7 Å². The fourth-order valence-electron chi connectivity index (χ4n) is 4.27. The molecule has 1 heterocycles. The van der Waals surface area contributed by atoms with Crippen LogP contribution < -0.4 is 5.32 Å². The lowest BCUT2D eigenvalue weighted by molar-refractivity contribution is -0.268. The molecule has 194 valence electrons. The molecule has 8 heteroatoms. The molecule has 4 atom stereocenters. The highest BCUT2D eigenvalue weighted by Crippen LogP contribution is 2.43. The third-order valence-corrected chi connectivity index (χ3v) is 7.60. The van der Waals surface area contributed by atoms with Crippen LogP contribution in [-0.2, 0) is 27.4 Å². The summed E-state index contributed by atoms with van der Waals surface area (Å²) >= 11 is 1.46. The molecule has 0 radical (unpaired) electrons. The Hall–Kier alpha value is -3.17. The summed E-state index contributed by atoms with van der Waals surface area (Å²) in [6.45, 7) is 3.98. The summed E-state index contributed by atoms with van der Waals surface area (Å²) in [5.74, 6) is -0.503. The molecule has 3 N–H and O–H groups in total. The van der Waals surface area contributed by atoms with E-state index >= 15 is 0 Å². The zero-order valence-corrected chi connectivity index (χ0v) is 21.6. The first kappa shape index (κ1) is 26.9. The molecule has 1 amide bonds. The molecule has 3 aromatic carbocycles. The Balaban J connectivity index is 1.57. The van der Waals surface area contributed by atoms with Crippen molar-refractivity contribution in [2.45, 2.75) is 50.4 Å². The average Bonchev–Trinajstić information content (AvgIpc) is 2.92. The van der Waals surface area contributed by atoms with Crippen molar-refractivity contribution in [2.24, 2.45) is 5.92 Å². The van der Waals surface area contributed by atoms with Crippen molar-refractivity contribution >= 4 is 23.6 Å². The van der Waals surface area contributed by atoms with E-state index < -0.39 is 12.3 Å². The fraction of sp³-hybridized carbons (Fsp3) is 0.310. The molecular weight excluding hydrogens is 490 g/mol. The number of amides is 1. The maximum Gasteiger partial charge on any atom is 0.336 e. The number of hydrogen-bond acceptors (Lipinski definition) is 6. The van der Waals surface area contributed by atoms with Gasteiger partial charge in [0.15, 0.2) is 6.29 Å². The smallest absolute Gasteiger partial charge is 0.336 e. The predicted octanol–water partition coefficient (Wildman–Crippen LogP) is 5.10. The number of aromatic carboxylic acids is 1. The van der Waals surface area contributed by atoms with Gasteiger partial charge in [0.05, 0.1) is 24.4 Å². The van der Waals surface area contributed by atoms with Crippen LogP contribution >= 0.6 is 11.8 Å². The number of rotatable bonds is 9. The zero-order valence-electron chi connectivity index (χ0n) is 20.8. The van der Waals surface area contributed by atoms with Gasteiger partial charge in [0.2, 0.25) is 5.91 Å². The molecule has 0 spiro atoms. The second kappa shape index (κ2) is 12.4. The molecule has 4 unspecified atom stereocenters. The molecule has 1 fully saturated rings. The summed E-state index contributed by atoms with van der Waals surface area (Å²) in [5.41, 5.74) is 3.91. The highest BCUT2D eigenvalue weighted by Gasteiger charge is 2.38. The van der Waals surface area contributed by atoms with Gasteiger partial charge >= 0.3 is 5.97 Å². The van der Waals surface area contributed by atoms with Crippen LogP contribution in [-0.4, -0.2) is 33.9 Å². The number of carboxylic acid groups (broad SMARTS) is 1. The van der Waals surface area contributed by atoms with Crippen LogP contribution in [0.4, 0.5) is 0 Å². The van der Waals surface area contributed by atoms with E-state index in [-0.39, 0.29) is 36.2 Å². The SMILES string of the molecule is CC(=O)NCc1ccc(C2OC(CSc3ccccc3C(=O)O)C(C)C(c3ccc(CO)cc3)O2)cc1. The van der Waals surface area contributed by atoms with Crippen LogP contribution in [0.2, 0.25) is 0 Å². The molecule has 0 bridgehead atoms. The number of benzene rings is 3. The van der Waals surface area contributed by atoms with Crippen LogP contribution in [0.5, 0.6) is 0 Å². The van der Waals surface area contributed by atoms with Crippen molar-refractivity contribution in [3.05, 3.63) is 101 Å². The number of thioether (sulfide) groups is 1. The van der Waals surface area contributed by atoms with Crippen LogP contribution in [0, 0.1) is 5.92 Å². The maximum atomic E-state index is 11.7. The summed E-state index contributed by atoms with van der Waals surface area (Å²) in [7, 11) is 0. The van der Waals surface area contributed by atoms with Crippen LogP contribution in [0.3, 0.4) is 0 Å². The number of hydrogen-bond donors (Lipinski definition) is 3. The van der Waals surface area contributed by atoms with Crippen molar-refractivity contribution in [3.8, 4) is 0 Å². The van der Waals surface area contributed by atoms with Crippen LogP contribution in [0.15, 0.2) is 77.7 Å². The number of nitrogens with one attached hydrogen (secondary N) is 1. The number of carboxylic acids is 1. The fourth-order valence-corrected chi connectivity index (χ4v) is 5.48. The molecule has 0 saturated carbocycles. The Morgan fingerprint density at radius 3 is 2.22 bits per heavy atom. The second-order valence-electron chi connectivity index (χ2n) is 9.09. The van der Waals surface area contributed by atoms with Crippen LogP contribution in [0.25, 0.3) is 0 Å². The van der Waals surface area contributed by atoms with E-state index in [0.717, 1.165) is 22.3 Å². The first-order chi connectivity index (χ1) is 17.9. The third kappa shape index (κ3) is 6.78. The third-order valence-electron chi connectivity index (χ3n) is 6.44. The van der Waals surface area contributed by atoms with Gasteiger partial charge in [-0.15, -0.1) is 11.8 Å². The second-order valence-corrected chi connectivity index (χ2v) is 10.1. The molecule has 4 rings (SSSR count). The van der Waals surface area contributed by atoms with E-state index in [1.54, 1.807) is 12.1 Å². The van der Waals surface area contributed by atoms with Crippen molar-refractivity contribution < 1.29 is 29.3 Å². The Morgan fingerprint density at radius 1 is 0.919 bits per heavy atom. The predicted molar refractivity (Wildman–Crippen MR) is 141 cm³/mol. The molecule has 0 aliphatic carbocycles. The van der Waals surface area contributed by atoms with E-state index in [9.17, 15) is 19.8 Å². The van der Waals surface area contributed by atoms with E-state index in [2.05, 4.69) is 12.2 Å². The number of ether oxygens (including phenoxy) is 2. The summed E-state index contributed by atoms with van der Waals surface area (Å²) in [4.78, 5) is 23.6. The Kier molecular flexibility index (Phi) is 9.00. The number of aliphatic hydroxyl groups is 1. The highest BCUT2D eigenvalue weighted by molar-refractivity contribution is 7.99. The minimum Gasteiger partial charge on any atom is -0.478 e. The van der Waals surface area contributed by atoms with E-state index in [0.29, 0.717) is 17.2 Å². The molecule has 3 aromatic rings. The number of aliphatic hydroxyl groups excluding tert-OH is 1. The van der Waals surface area contributed by atoms with E-state index in [1.165, 1.54) is 18.7 Å². The first-order valence-corrected chi connectivity index (χ1v) is 13.1. The highest BCUT2D eigenvalue weighted by atomic mass is 32.2. The minimum absolute atomic E-state index is 0.0141. The Bertz CT molecular complexity index is 1210. The monoisotopic (exact) mass is 521 g/mol. The standard InChI is InChI=1S/C29H31NO6S/c1-18-25(17-37-26-6-4-3-5-24(26)28(33)34)35-29(23-13-7-20(8-14-23)15-30-19(2)32)36-27(18)22-11-9-21(16-31)10-12-22/h3-14,18,25,27,29,31H,15-17H2,1-2H3,(H,30,32)(H,33,34). The quantitative estimate of drug-likeness (QED) is 0.337. The largest absolute Gasteiger partial charge is 0.478 e. The van der Waals surface area contributed by atoms with Gasteiger partial charge in [0, 0.05) is 35.6 Å². The van der Waals surface area contributed by atoms with Gasteiger partial charge in [0.1, 0.15) is 0 Å². The molecule has 1 aliphatic rings. The summed E-state index contributed by atoms with van der Waals surface area (Å²) in [6, 6.07) is 22.4. The van der Waals surface area contributed by atoms with Crippen LogP contribution in [0.1, 0.15) is 58.9 Å². The Morgan fingerprint density at radius 2 is 1.57 bits per heavy atom. The van der Waals surface area contributed by atoms with Gasteiger partial charge in [0.25, 0.3) is 0 Å². The van der Waals surface area contributed by atoms with Crippen molar-refractivity contribution in [2.75, 3.05) is 5.75 Å². The molecule has 37 heavy (non-hydrogen) atoms. The summed E-state index contributed by atoms with van der Waals surface area (Å²) in [5, 5.41) is 21.8. The summed E-state index contributed by atoms with van der Waals surface area (Å²) in [6.07, 6.45) is -1.09. The molecular formula is C29H31NO6S. The lowest BCUT2D eigenvalue weighted by Gasteiger charge is -2.41.